The van der Waals surface area contributed by atoms with Crippen LogP contribution in [0.3, 0.4) is 0 Å². The Bertz CT molecular complexity index is 1390. The third kappa shape index (κ3) is 7.64. The van der Waals surface area contributed by atoms with Gasteiger partial charge in [0.05, 0.1) is 18.2 Å². The number of fused-ring (bicyclic) bond motifs is 1. The Morgan fingerprint density at radius 2 is 1.85 bits per heavy atom. The lowest BCUT2D eigenvalue weighted by molar-refractivity contribution is -0.396. The Kier molecular flexibility index (Phi) is 11.3. The van der Waals surface area contributed by atoms with Crippen LogP contribution in [0.5, 0.6) is 0 Å². The second kappa shape index (κ2) is 14.2. The molecule has 41 heavy (non-hydrogen) atoms. The molecule has 3 heterocycles. The van der Waals surface area contributed by atoms with E-state index in [0.717, 1.165) is 4.90 Å². The van der Waals surface area contributed by atoms with E-state index in [1.54, 1.807) is 6.07 Å². The third-order valence-corrected chi connectivity index (χ3v) is 8.51. The number of nitro groups is 1. The summed E-state index contributed by atoms with van der Waals surface area (Å²) in [4.78, 5) is 62.2. The van der Waals surface area contributed by atoms with E-state index in [0.29, 0.717) is 29.4 Å². The van der Waals surface area contributed by atoms with E-state index in [1.807, 2.05) is 0 Å². The van der Waals surface area contributed by atoms with Gasteiger partial charge in [0.1, 0.15) is 24.5 Å². The van der Waals surface area contributed by atoms with Gasteiger partial charge in [-0.1, -0.05) is 42.9 Å². The Labute approximate surface area is 250 Å². The van der Waals surface area contributed by atoms with Crippen molar-refractivity contribution in [2.75, 3.05) is 29.5 Å². The lowest BCUT2D eigenvalue weighted by Gasteiger charge is -2.27. The fraction of sp³-hybridized carbons (Fsp3) is 0.409. The molecule has 1 atom stereocenters. The van der Waals surface area contributed by atoms with Crippen LogP contribution in [0.1, 0.15) is 39.3 Å². The van der Waals surface area contributed by atoms with Gasteiger partial charge in [0.25, 0.3) is 11.8 Å². The number of halogens is 2. The Morgan fingerprint density at radius 1 is 1.20 bits per heavy atom. The number of nitrogen functional groups attached to an aromatic ring is 1. The highest BCUT2D eigenvalue weighted by atomic mass is 79.9. The molecule has 4 amide bonds. The number of alkyl halides is 2. The molecule has 2 aromatic rings. The SMILES string of the molecule is Cn1c(COP(=O)(NCCBr)NCCBr)cnc1[N+](=O)[O-].Nc1cccc2c1C(=O)N(C1CCC(=O)NC1=O)C2=O. The van der Waals surface area contributed by atoms with Gasteiger partial charge < -0.3 is 15.8 Å². The predicted octanol–water partition coefficient (Wildman–Crippen LogP) is 1.59. The summed E-state index contributed by atoms with van der Waals surface area (Å²) in [5.41, 5.74) is 6.71. The quantitative estimate of drug-likeness (QED) is 0.0649. The first-order valence-corrected chi connectivity index (χ1v) is 15.9. The monoisotopic (exact) mass is 720 g/mol. The average Bonchev–Trinajstić information content (AvgIpc) is 3.43. The molecule has 19 heteroatoms. The van der Waals surface area contributed by atoms with Gasteiger partial charge >= 0.3 is 13.6 Å². The van der Waals surface area contributed by atoms with E-state index in [4.69, 9.17) is 10.3 Å². The molecule has 2 aliphatic rings. The van der Waals surface area contributed by atoms with Crippen molar-refractivity contribution in [3.8, 4) is 0 Å². The van der Waals surface area contributed by atoms with Crippen molar-refractivity contribution in [3.05, 3.63) is 51.3 Å². The Hall–Kier alpha value is -3.02. The van der Waals surface area contributed by atoms with Crippen molar-refractivity contribution in [2.45, 2.75) is 25.5 Å². The minimum atomic E-state index is -3.22. The maximum atomic E-state index is 12.5. The van der Waals surface area contributed by atoms with Crippen LogP contribution in [-0.4, -0.2) is 72.8 Å². The minimum Gasteiger partial charge on any atom is -0.398 e. The summed E-state index contributed by atoms with van der Waals surface area (Å²) in [5, 5.41) is 19.7. The van der Waals surface area contributed by atoms with Crippen molar-refractivity contribution >= 4 is 74.8 Å². The lowest BCUT2D eigenvalue weighted by atomic mass is 10.0. The number of imidazole rings is 1. The largest absolute Gasteiger partial charge is 0.434 e. The molecule has 4 rings (SSSR count). The number of nitrogens with zero attached hydrogens (tertiary/aromatic N) is 4. The molecule has 16 nitrogen and oxygen atoms in total. The van der Waals surface area contributed by atoms with Crippen LogP contribution in [-0.2, 0) is 32.3 Å². The smallest absolute Gasteiger partial charge is 0.398 e. The molecular weight excluding hydrogens is 695 g/mol. The summed E-state index contributed by atoms with van der Waals surface area (Å²) < 4.78 is 19.2. The van der Waals surface area contributed by atoms with Gasteiger partial charge in [-0.05, 0) is 23.5 Å². The number of carbonyl (C=O) groups excluding carboxylic acids is 4. The highest BCUT2D eigenvalue weighted by molar-refractivity contribution is 9.09. The van der Waals surface area contributed by atoms with Crippen LogP contribution >= 0.6 is 39.5 Å². The van der Waals surface area contributed by atoms with Gasteiger partial charge in [0, 0.05) is 35.9 Å². The molecule has 0 saturated carbocycles. The zero-order chi connectivity index (χ0) is 30.3. The van der Waals surface area contributed by atoms with E-state index >= 15 is 0 Å². The van der Waals surface area contributed by atoms with Crippen LogP contribution in [0, 0.1) is 10.1 Å². The van der Waals surface area contributed by atoms with E-state index in [-0.39, 0.29) is 42.2 Å². The number of amides is 4. The molecule has 1 unspecified atom stereocenters. The van der Waals surface area contributed by atoms with E-state index in [2.05, 4.69) is 52.3 Å². The maximum absolute atomic E-state index is 12.5. The van der Waals surface area contributed by atoms with Crippen LogP contribution in [0.4, 0.5) is 11.6 Å². The second-order valence-electron chi connectivity index (χ2n) is 8.60. The number of carbonyl (C=O) groups is 4. The molecule has 0 aliphatic carbocycles. The first-order valence-electron chi connectivity index (χ1n) is 12.1. The molecule has 1 fully saturated rings. The first-order chi connectivity index (χ1) is 19.4. The number of benzene rings is 1. The topological polar surface area (TPSA) is 221 Å². The fourth-order valence-electron chi connectivity index (χ4n) is 3.96. The summed E-state index contributed by atoms with van der Waals surface area (Å²) >= 11 is 6.46. The lowest BCUT2D eigenvalue weighted by Crippen LogP contribution is -2.54. The number of nitrogens with two attached hydrogens (primary N) is 1. The highest BCUT2D eigenvalue weighted by Crippen LogP contribution is 2.38. The normalized spacial score (nSPS) is 16.8. The minimum absolute atomic E-state index is 0.0564. The number of rotatable bonds is 11. The molecule has 222 valence electrons. The number of piperidine rings is 1. The van der Waals surface area contributed by atoms with Gasteiger partial charge in [0.2, 0.25) is 11.8 Å². The summed E-state index contributed by atoms with van der Waals surface area (Å²) in [6.45, 7) is 0.857. The van der Waals surface area contributed by atoms with E-state index in [9.17, 15) is 33.9 Å². The Morgan fingerprint density at radius 3 is 2.39 bits per heavy atom. The molecule has 0 spiro atoms. The van der Waals surface area contributed by atoms with Gasteiger partial charge in [-0.15, -0.1) is 0 Å². The van der Waals surface area contributed by atoms with E-state index < -0.39 is 42.3 Å². The van der Waals surface area contributed by atoms with Crippen molar-refractivity contribution in [1.29, 1.82) is 0 Å². The average molecular weight is 722 g/mol. The highest BCUT2D eigenvalue weighted by Gasteiger charge is 2.45. The number of aromatic nitrogens is 2. The number of nitrogens with one attached hydrogen (secondary N) is 3. The molecule has 1 aromatic carbocycles. The summed E-state index contributed by atoms with van der Waals surface area (Å²) in [6.07, 6.45) is 1.56. The molecule has 5 N–H and O–H groups in total. The van der Waals surface area contributed by atoms with Crippen LogP contribution in [0.15, 0.2) is 24.4 Å². The van der Waals surface area contributed by atoms with E-state index in [1.165, 1.54) is 29.9 Å². The molecule has 0 bridgehead atoms. The molecular formula is C22H27Br2N8O8P. The second-order valence-corrected chi connectivity index (χ2v) is 12.2. The number of hydrogen-bond acceptors (Lipinski definition) is 10. The van der Waals surface area contributed by atoms with Crippen molar-refractivity contribution in [1.82, 2.24) is 29.9 Å². The third-order valence-electron chi connectivity index (χ3n) is 5.95. The van der Waals surface area contributed by atoms with Crippen molar-refractivity contribution < 1.29 is 33.2 Å². The Balaban J connectivity index is 0.000000225. The maximum Gasteiger partial charge on any atom is 0.434 e. The molecule has 1 saturated heterocycles. The van der Waals surface area contributed by atoms with Gasteiger partial charge in [0.15, 0.2) is 0 Å². The van der Waals surface area contributed by atoms with Crippen molar-refractivity contribution in [2.24, 2.45) is 7.05 Å². The number of hydrogen-bond donors (Lipinski definition) is 4. The van der Waals surface area contributed by atoms with Crippen LogP contribution in [0.25, 0.3) is 0 Å². The van der Waals surface area contributed by atoms with Crippen LogP contribution in [0.2, 0.25) is 0 Å². The predicted molar refractivity (Wildman–Crippen MR) is 153 cm³/mol. The standard InChI is InChI=1S/C13H11N3O4.C9H16Br2N5O4P/c14-7-3-1-2-6-10(7)13(20)16(12(6)19)8-4-5-9(17)15-11(8)18;1-15-8(6-12-9(15)16(17)18)7-20-21(19,13-4-2-10)14-5-3-11/h1-3,8H,4-5,14H2,(H,15,17,18);6H,2-5,7H2,1H3,(H2,13,14,19). The molecule has 0 radical (unpaired) electrons. The van der Waals surface area contributed by atoms with Gasteiger partial charge in [-0.2, -0.15) is 0 Å². The number of imide groups is 2. The summed E-state index contributed by atoms with van der Waals surface area (Å²) in [6, 6.07) is 3.64. The van der Waals surface area contributed by atoms with Gasteiger partial charge in [-0.25, -0.2) is 14.7 Å². The summed E-state index contributed by atoms with van der Waals surface area (Å²) in [7, 11) is -1.72. The summed E-state index contributed by atoms with van der Waals surface area (Å²) in [5.74, 6) is -2.45. The fourth-order valence-corrected chi connectivity index (χ4v) is 6.39. The van der Waals surface area contributed by atoms with Crippen LogP contribution < -0.4 is 21.2 Å². The molecule has 1 aromatic heterocycles. The zero-order valence-electron chi connectivity index (χ0n) is 21.7. The van der Waals surface area contributed by atoms with Crippen molar-refractivity contribution in [3.63, 3.8) is 0 Å². The van der Waals surface area contributed by atoms with Gasteiger partial charge in [-0.3, -0.25) is 38.5 Å². The molecule has 2 aliphatic heterocycles. The first kappa shape index (κ1) is 32.5. The zero-order valence-corrected chi connectivity index (χ0v) is 25.7. The number of anilines is 1.